The van der Waals surface area contributed by atoms with Crippen molar-refractivity contribution >= 4 is 17.2 Å². The van der Waals surface area contributed by atoms with E-state index >= 15 is 0 Å². The Balaban J connectivity index is 1.67. The molecule has 1 fully saturated rings. The van der Waals surface area contributed by atoms with Crippen LogP contribution in [0.25, 0.3) is 10.6 Å². The number of rotatable bonds is 4. The largest absolute Gasteiger partial charge is 0.396 e. The minimum atomic E-state index is -0.0393. The summed E-state index contributed by atoms with van der Waals surface area (Å²) in [4.78, 5) is 17.7. The molecule has 0 atom stereocenters. The summed E-state index contributed by atoms with van der Waals surface area (Å²) in [7, 11) is 1.86. The average molecular weight is 334 g/mol. The lowest BCUT2D eigenvalue weighted by atomic mass is 9.86. The van der Waals surface area contributed by atoms with Crippen molar-refractivity contribution in [1.82, 2.24) is 20.1 Å². The van der Waals surface area contributed by atoms with Gasteiger partial charge in [-0.2, -0.15) is 5.10 Å². The molecule has 0 radical (unpaired) electrons. The summed E-state index contributed by atoms with van der Waals surface area (Å²) in [6, 6.07) is 0.202. The van der Waals surface area contributed by atoms with Gasteiger partial charge in [0.05, 0.1) is 11.9 Å². The highest BCUT2D eigenvalue weighted by atomic mass is 32.1. The molecule has 1 amide bonds. The minimum Gasteiger partial charge on any atom is -0.396 e. The molecule has 3 rings (SSSR count). The van der Waals surface area contributed by atoms with Gasteiger partial charge < -0.3 is 10.4 Å². The zero-order valence-corrected chi connectivity index (χ0v) is 14.3. The van der Waals surface area contributed by atoms with Gasteiger partial charge in [-0.15, -0.1) is 11.3 Å². The van der Waals surface area contributed by atoms with Crippen molar-refractivity contribution < 1.29 is 9.90 Å². The van der Waals surface area contributed by atoms with E-state index in [2.05, 4.69) is 15.4 Å². The number of nitrogens with zero attached hydrogens (tertiary/aromatic N) is 3. The van der Waals surface area contributed by atoms with E-state index in [-0.39, 0.29) is 18.6 Å². The normalized spacial score (nSPS) is 21.3. The van der Waals surface area contributed by atoms with E-state index in [9.17, 15) is 9.90 Å². The first kappa shape index (κ1) is 16.1. The molecule has 0 spiro atoms. The molecule has 0 saturated heterocycles. The van der Waals surface area contributed by atoms with Crippen LogP contribution in [0.2, 0.25) is 0 Å². The predicted octanol–water partition coefficient (Wildman–Crippen LogP) is 2.13. The third kappa shape index (κ3) is 3.61. The first-order chi connectivity index (χ1) is 11.1. The molecule has 0 bridgehead atoms. The highest BCUT2D eigenvalue weighted by Gasteiger charge is 2.24. The van der Waals surface area contributed by atoms with E-state index in [4.69, 9.17) is 0 Å². The number of aliphatic hydroxyl groups is 1. The van der Waals surface area contributed by atoms with Crippen LogP contribution in [0.3, 0.4) is 0 Å². The van der Waals surface area contributed by atoms with Gasteiger partial charge in [-0.05, 0) is 38.5 Å². The lowest BCUT2D eigenvalue weighted by molar-refractivity contribution is 0.0917. The van der Waals surface area contributed by atoms with E-state index < -0.39 is 0 Å². The molecule has 2 aromatic heterocycles. The number of hydrogen-bond acceptors (Lipinski definition) is 5. The second-order valence-corrected chi connectivity index (χ2v) is 7.21. The summed E-state index contributed by atoms with van der Waals surface area (Å²) in [6.07, 6.45) is 7.48. The molecule has 6 nitrogen and oxygen atoms in total. The van der Waals surface area contributed by atoms with Gasteiger partial charge in [0.1, 0.15) is 9.88 Å². The third-order valence-electron chi connectivity index (χ3n) is 4.39. The smallest absolute Gasteiger partial charge is 0.263 e. The van der Waals surface area contributed by atoms with Crippen molar-refractivity contribution in [2.45, 2.75) is 38.6 Å². The highest BCUT2D eigenvalue weighted by Crippen LogP contribution is 2.28. The Bertz CT molecular complexity index is 686. The zero-order chi connectivity index (χ0) is 16.4. The molecule has 0 unspecified atom stereocenters. The molecule has 23 heavy (non-hydrogen) atoms. The van der Waals surface area contributed by atoms with E-state index in [1.54, 1.807) is 10.9 Å². The van der Waals surface area contributed by atoms with Crippen molar-refractivity contribution in [3.05, 3.63) is 23.0 Å². The van der Waals surface area contributed by atoms with Crippen molar-refractivity contribution in [3.8, 4) is 10.6 Å². The first-order valence-corrected chi connectivity index (χ1v) is 8.76. The van der Waals surface area contributed by atoms with Crippen molar-refractivity contribution in [1.29, 1.82) is 0 Å². The Morgan fingerprint density at radius 1 is 1.43 bits per heavy atom. The van der Waals surface area contributed by atoms with E-state index in [0.717, 1.165) is 41.9 Å². The number of aromatic nitrogens is 3. The molecule has 2 N–H and O–H groups in total. The molecule has 1 aliphatic carbocycles. The Morgan fingerprint density at radius 2 is 2.17 bits per heavy atom. The number of thiazole rings is 1. The van der Waals surface area contributed by atoms with Crippen LogP contribution in [-0.4, -0.2) is 38.4 Å². The van der Waals surface area contributed by atoms with Gasteiger partial charge in [-0.3, -0.25) is 9.48 Å². The first-order valence-electron chi connectivity index (χ1n) is 7.95. The Morgan fingerprint density at radius 3 is 2.78 bits per heavy atom. The molecule has 0 aromatic carbocycles. The average Bonchev–Trinajstić information content (AvgIpc) is 3.14. The molecule has 0 aliphatic heterocycles. The lowest BCUT2D eigenvalue weighted by Crippen LogP contribution is -2.38. The lowest BCUT2D eigenvalue weighted by Gasteiger charge is -2.27. The van der Waals surface area contributed by atoms with Gasteiger partial charge in [-0.25, -0.2) is 4.98 Å². The fraction of sp³-hybridized carbons (Fsp3) is 0.562. The fourth-order valence-electron chi connectivity index (χ4n) is 3.00. The highest BCUT2D eigenvalue weighted by molar-refractivity contribution is 7.17. The van der Waals surface area contributed by atoms with Gasteiger partial charge in [0, 0.05) is 31.5 Å². The standard InChI is InChI=1S/C16H22N4O2S/c1-10-14(23-16(18-10)12-7-17-20(2)8-12)15(22)19-13-5-3-11(9-21)4-6-13/h7-8,11,13,21H,3-6,9H2,1-2H3,(H,19,22). The summed E-state index contributed by atoms with van der Waals surface area (Å²) in [5.74, 6) is 0.355. The molecule has 2 aromatic rings. The molecular weight excluding hydrogens is 312 g/mol. The van der Waals surface area contributed by atoms with E-state index in [0.29, 0.717) is 10.8 Å². The van der Waals surface area contributed by atoms with Crippen LogP contribution in [0.1, 0.15) is 41.0 Å². The molecule has 2 heterocycles. The number of amides is 1. The molecule has 1 saturated carbocycles. The van der Waals surface area contributed by atoms with Crippen molar-refractivity contribution in [2.24, 2.45) is 13.0 Å². The van der Waals surface area contributed by atoms with Gasteiger partial charge in [0.15, 0.2) is 0 Å². The van der Waals surface area contributed by atoms with Crippen LogP contribution in [0.15, 0.2) is 12.4 Å². The van der Waals surface area contributed by atoms with Gasteiger partial charge in [-0.1, -0.05) is 0 Å². The SMILES string of the molecule is Cc1nc(-c2cnn(C)c2)sc1C(=O)NC1CCC(CO)CC1. The Kier molecular flexibility index (Phi) is 4.77. The molecular formula is C16H22N4O2S. The minimum absolute atomic E-state index is 0.0393. The third-order valence-corrected chi connectivity index (χ3v) is 5.60. The topological polar surface area (TPSA) is 80.0 Å². The van der Waals surface area contributed by atoms with Gasteiger partial charge >= 0.3 is 0 Å². The monoisotopic (exact) mass is 334 g/mol. The van der Waals surface area contributed by atoms with E-state index in [1.807, 2.05) is 20.2 Å². The van der Waals surface area contributed by atoms with Crippen LogP contribution >= 0.6 is 11.3 Å². The summed E-state index contributed by atoms with van der Waals surface area (Å²) in [5, 5.41) is 17.3. The van der Waals surface area contributed by atoms with Crippen molar-refractivity contribution in [3.63, 3.8) is 0 Å². The summed E-state index contributed by atoms with van der Waals surface area (Å²) >= 11 is 1.41. The maximum atomic E-state index is 12.5. The quantitative estimate of drug-likeness (QED) is 0.898. The van der Waals surface area contributed by atoms with Gasteiger partial charge in [0.2, 0.25) is 0 Å². The zero-order valence-electron chi connectivity index (χ0n) is 13.5. The summed E-state index contributed by atoms with van der Waals surface area (Å²) < 4.78 is 1.73. The second-order valence-electron chi connectivity index (χ2n) is 6.21. The van der Waals surface area contributed by atoms with Crippen LogP contribution in [-0.2, 0) is 7.05 Å². The Hall–Kier alpha value is -1.73. The van der Waals surface area contributed by atoms with E-state index in [1.165, 1.54) is 11.3 Å². The number of aliphatic hydroxyl groups excluding tert-OH is 1. The predicted molar refractivity (Wildman–Crippen MR) is 89.4 cm³/mol. The fourth-order valence-corrected chi connectivity index (χ4v) is 3.95. The number of carbonyl (C=O) groups excluding carboxylic acids is 1. The van der Waals surface area contributed by atoms with Crippen LogP contribution in [0.5, 0.6) is 0 Å². The number of nitrogens with one attached hydrogen (secondary N) is 1. The Labute approximate surface area is 139 Å². The molecule has 7 heteroatoms. The molecule has 1 aliphatic rings. The van der Waals surface area contributed by atoms with Crippen LogP contribution < -0.4 is 5.32 Å². The maximum Gasteiger partial charge on any atom is 0.263 e. The number of hydrogen-bond donors (Lipinski definition) is 2. The second kappa shape index (κ2) is 6.80. The summed E-state index contributed by atoms with van der Waals surface area (Å²) in [6.45, 7) is 2.12. The maximum absolute atomic E-state index is 12.5. The molecule has 124 valence electrons. The summed E-state index contributed by atoms with van der Waals surface area (Å²) in [5.41, 5.74) is 1.69. The van der Waals surface area contributed by atoms with Crippen LogP contribution in [0, 0.1) is 12.8 Å². The number of carbonyl (C=O) groups is 1. The van der Waals surface area contributed by atoms with Gasteiger partial charge in [0.25, 0.3) is 5.91 Å². The van der Waals surface area contributed by atoms with Crippen LogP contribution in [0.4, 0.5) is 0 Å². The number of aryl methyl sites for hydroxylation is 2. The van der Waals surface area contributed by atoms with Crippen molar-refractivity contribution in [2.75, 3.05) is 6.61 Å².